The predicted molar refractivity (Wildman–Crippen MR) is 65.2 cm³/mol. The molecule has 0 atom stereocenters. The van der Waals surface area contributed by atoms with Gasteiger partial charge in [0.15, 0.2) is 0 Å². The third kappa shape index (κ3) is 5.34. The van der Waals surface area contributed by atoms with Crippen molar-refractivity contribution in [2.45, 2.75) is 28.8 Å². The third-order valence-electron chi connectivity index (χ3n) is 2.91. The Hall–Kier alpha value is -1.10. The van der Waals surface area contributed by atoms with Crippen LogP contribution in [-0.2, 0) is 10.1 Å². The smallest absolute Gasteiger partial charge is 0.744 e. The summed E-state index contributed by atoms with van der Waals surface area (Å²) in [5.41, 5.74) is 0. The summed E-state index contributed by atoms with van der Waals surface area (Å²) in [5.74, 6) is -27.1. The average Bonchev–Trinajstić information content (AvgIpc) is 2.52. The summed E-state index contributed by atoms with van der Waals surface area (Å²) in [6, 6.07) is -1.86. The molecule has 0 saturated heterocycles. The second kappa shape index (κ2) is 8.56. The van der Waals surface area contributed by atoms with Gasteiger partial charge >= 0.3 is 59.5 Å². The maximum atomic E-state index is 13.3. The van der Waals surface area contributed by atoms with E-state index in [9.17, 15) is 61.3 Å². The standard InChI is InChI=1S/C12H5F11O4S.Na/c13-7(9(15,16)10(17,18)11(19,20)12(21,22)23)8(14)27-5-1-3-6(4-2-5)28(24,25)26;/h1-4H,(H,24,25,26);/q;+1/p-1. The third-order valence-corrected chi connectivity index (χ3v) is 3.76. The molecule has 1 aromatic carbocycles. The second-order valence-corrected chi connectivity index (χ2v) is 6.22. The van der Waals surface area contributed by atoms with Crippen molar-refractivity contribution in [2.75, 3.05) is 0 Å². The van der Waals surface area contributed by atoms with E-state index in [1.807, 2.05) is 0 Å². The van der Waals surface area contributed by atoms with E-state index >= 15 is 0 Å². The summed E-state index contributed by atoms with van der Waals surface area (Å²) in [4.78, 5) is -0.966. The van der Waals surface area contributed by atoms with Gasteiger partial charge in [-0.3, -0.25) is 0 Å². The molecule has 0 aromatic heterocycles. The van der Waals surface area contributed by atoms with E-state index in [4.69, 9.17) is 0 Å². The van der Waals surface area contributed by atoms with Crippen molar-refractivity contribution in [3.05, 3.63) is 36.1 Å². The van der Waals surface area contributed by atoms with Gasteiger partial charge < -0.3 is 9.29 Å². The first-order chi connectivity index (χ1) is 12.3. The first-order valence-electron chi connectivity index (χ1n) is 6.26. The Morgan fingerprint density at radius 1 is 0.828 bits per heavy atom. The number of hydrogen-bond donors (Lipinski definition) is 0. The van der Waals surface area contributed by atoms with Crippen molar-refractivity contribution >= 4 is 10.1 Å². The van der Waals surface area contributed by atoms with Gasteiger partial charge in [-0.25, -0.2) is 8.42 Å². The fourth-order valence-electron chi connectivity index (χ4n) is 1.46. The Morgan fingerprint density at radius 2 is 1.24 bits per heavy atom. The van der Waals surface area contributed by atoms with E-state index in [-0.39, 0.29) is 29.6 Å². The van der Waals surface area contributed by atoms with Crippen LogP contribution in [0.15, 0.2) is 41.0 Å². The molecule has 17 heteroatoms. The van der Waals surface area contributed by atoms with Crippen LogP contribution >= 0.6 is 0 Å². The van der Waals surface area contributed by atoms with E-state index in [0.29, 0.717) is 24.3 Å². The molecule has 0 aliphatic rings. The normalized spacial score (nSPS) is 14.8. The molecule has 0 amide bonds. The van der Waals surface area contributed by atoms with Crippen LogP contribution < -0.4 is 34.3 Å². The molecule has 1 aromatic rings. The fraction of sp³-hybridized carbons (Fsp3) is 0.333. The maximum absolute atomic E-state index is 13.3. The number of allylic oxidation sites excluding steroid dienone is 1. The van der Waals surface area contributed by atoms with Gasteiger partial charge in [-0.2, -0.15) is 48.3 Å². The number of halogens is 11. The van der Waals surface area contributed by atoms with Crippen molar-refractivity contribution in [1.82, 2.24) is 0 Å². The summed E-state index contributed by atoms with van der Waals surface area (Å²) in [5, 5.41) is 0. The number of benzene rings is 1. The van der Waals surface area contributed by atoms with E-state index < -0.39 is 56.5 Å². The first kappa shape index (κ1) is 27.9. The zero-order chi connectivity index (χ0) is 22.3. The van der Waals surface area contributed by atoms with E-state index in [0.717, 1.165) is 0 Å². The van der Waals surface area contributed by atoms with Crippen LogP contribution in [0.5, 0.6) is 5.75 Å². The Kier molecular flexibility index (Phi) is 8.24. The Morgan fingerprint density at radius 3 is 1.59 bits per heavy atom. The molecule has 29 heavy (non-hydrogen) atoms. The monoisotopic (exact) mass is 476 g/mol. The van der Waals surface area contributed by atoms with Gasteiger partial charge in [0, 0.05) is 0 Å². The molecule has 0 unspecified atom stereocenters. The number of rotatable bonds is 6. The average molecular weight is 476 g/mol. The van der Waals surface area contributed by atoms with Crippen molar-refractivity contribution in [2.24, 2.45) is 0 Å². The Labute approximate surface area is 176 Å². The van der Waals surface area contributed by atoms with Crippen LogP contribution in [0.2, 0.25) is 0 Å². The quantitative estimate of drug-likeness (QED) is 0.271. The number of hydrogen-bond acceptors (Lipinski definition) is 4. The summed E-state index contributed by atoms with van der Waals surface area (Å²) in [6.45, 7) is 0. The summed E-state index contributed by atoms with van der Waals surface area (Å²) >= 11 is 0. The molecule has 0 fully saturated rings. The molecule has 0 saturated carbocycles. The van der Waals surface area contributed by atoms with E-state index in [2.05, 4.69) is 4.74 Å². The van der Waals surface area contributed by atoms with Crippen LogP contribution in [0.25, 0.3) is 0 Å². The zero-order valence-electron chi connectivity index (χ0n) is 13.5. The molecule has 0 bridgehead atoms. The largest absolute Gasteiger partial charge is 1.00 e. The van der Waals surface area contributed by atoms with Crippen molar-refractivity contribution < 1.29 is 95.6 Å². The van der Waals surface area contributed by atoms with Crippen LogP contribution in [-0.4, -0.2) is 36.9 Å². The molecule has 0 spiro atoms. The molecule has 0 N–H and O–H groups in total. The van der Waals surface area contributed by atoms with Gasteiger partial charge in [-0.1, -0.05) is 0 Å². The molecular weight excluding hydrogens is 472 g/mol. The number of ether oxygens (including phenoxy) is 1. The van der Waals surface area contributed by atoms with Gasteiger partial charge in [0.1, 0.15) is 15.9 Å². The molecule has 1 rings (SSSR count). The minimum Gasteiger partial charge on any atom is -0.744 e. The van der Waals surface area contributed by atoms with Crippen molar-refractivity contribution in [3.63, 3.8) is 0 Å². The molecule has 0 aliphatic carbocycles. The minimum atomic E-state index is -7.45. The summed E-state index contributed by atoms with van der Waals surface area (Å²) in [6.07, 6.45) is -7.24. The van der Waals surface area contributed by atoms with Gasteiger partial charge in [-0.15, -0.1) is 0 Å². The summed E-state index contributed by atoms with van der Waals surface area (Å²) in [7, 11) is -5.03. The van der Waals surface area contributed by atoms with Crippen molar-refractivity contribution in [3.8, 4) is 5.75 Å². The van der Waals surface area contributed by atoms with Gasteiger partial charge in [0.25, 0.3) is 0 Å². The van der Waals surface area contributed by atoms with Crippen LogP contribution in [0.1, 0.15) is 0 Å². The van der Waals surface area contributed by atoms with Crippen LogP contribution in [0.4, 0.5) is 48.3 Å². The molecule has 0 heterocycles. The predicted octanol–water partition coefficient (Wildman–Crippen LogP) is 1.55. The minimum absolute atomic E-state index is 0. The first-order valence-corrected chi connectivity index (χ1v) is 7.67. The molecule has 160 valence electrons. The van der Waals surface area contributed by atoms with Crippen LogP contribution in [0.3, 0.4) is 0 Å². The van der Waals surface area contributed by atoms with Gasteiger partial charge in [0.2, 0.25) is 5.83 Å². The molecule has 4 nitrogen and oxygen atoms in total. The number of alkyl halides is 9. The van der Waals surface area contributed by atoms with Crippen molar-refractivity contribution in [1.29, 1.82) is 0 Å². The molecule has 0 radical (unpaired) electrons. The van der Waals surface area contributed by atoms with Gasteiger partial charge in [-0.05, 0) is 24.3 Å². The van der Waals surface area contributed by atoms with Crippen LogP contribution in [0, 0.1) is 0 Å². The zero-order valence-corrected chi connectivity index (χ0v) is 16.3. The Balaban J connectivity index is 0.00000784. The SMILES string of the molecule is O=S(=O)([O-])c1ccc(OC(F)=C(F)C(F)(F)C(F)(F)C(F)(F)C(F)(F)F)cc1.[Na+]. The van der Waals surface area contributed by atoms with Gasteiger partial charge in [0.05, 0.1) is 4.90 Å². The molecule has 0 aliphatic heterocycles. The van der Waals surface area contributed by atoms with E-state index in [1.165, 1.54) is 0 Å². The maximum Gasteiger partial charge on any atom is 1.00 e. The Bertz CT molecular complexity index is 863. The second-order valence-electron chi connectivity index (χ2n) is 4.84. The summed E-state index contributed by atoms with van der Waals surface area (Å²) < 4.78 is 175. The molecular formula is C12H4F11NaO4S. The topological polar surface area (TPSA) is 66.4 Å². The van der Waals surface area contributed by atoms with E-state index in [1.54, 1.807) is 0 Å². The fourth-order valence-corrected chi connectivity index (χ4v) is 1.93.